The molecule has 2 rings (SSSR count). The monoisotopic (exact) mass is 302 g/mol. The molecule has 0 radical (unpaired) electrons. The van der Waals surface area contributed by atoms with Gasteiger partial charge in [-0.3, -0.25) is 4.79 Å². The lowest BCUT2D eigenvalue weighted by Gasteiger charge is -2.27. The quantitative estimate of drug-likeness (QED) is 0.931. The molecule has 0 aliphatic carbocycles. The van der Waals surface area contributed by atoms with Gasteiger partial charge in [0.15, 0.2) is 11.6 Å². The van der Waals surface area contributed by atoms with Gasteiger partial charge >= 0.3 is 0 Å². The molecule has 1 aliphatic rings. The number of nitrogens with zero attached hydrogens (tertiary/aromatic N) is 1. The van der Waals surface area contributed by atoms with Gasteiger partial charge in [0.1, 0.15) is 0 Å². The third-order valence-corrected chi connectivity index (χ3v) is 3.54. The number of hydrogen-bond acceptors (Lipinski definition) is 3. The summed E-state index contributed by atoms with van der Waals surface area (Å²) in [6, 6.07) is 4.57. The Kier molecular flexibility index (Phi) is 6.23. The number of nitrogens with one attached hydrogen (secondary N) is 1. The van der Waals surface area contributed by atoms with Crippen LogP contribution in [0.25, 0.3) is 0 Å². The molecule has 0 saturated carbocycles. The maximum atomic E-state index is 13.6. The fourth-order valence-electron chi connectivity index (χ4n) is 2.33. The molecule has 1 aromatic carbocycles. The van der Waals surface area contributed by atoms with E-state index < -0.39 is 5.82 Å². The first-order chi connectivity index (χ1) is 9.13. The van der Waals surface area contributed by atoms with Crippen LogP contribution in [0.5, 0.6) is 5.75 Å². The van der Waals surface area contributed by atoms with Crippen LogP contribution in [-0.2, 0) is 4.79 Å². The topological polar surface area (TPSA) is 41.6 Å². The Morgan fingerprint density at radius 3 is 2.60 bits per heavy atom. The average molecular weight is 303 g/mol. The van der Waals surface area contributed by atoms with Gasteiger partial charge in [-0.15, -0.1) is 12.4 Å². The average Bonchev–Trinajstić information content (AvgIpc) is 2.46. The lowest BCUT2D eigenvalue weighted by molar-refractivity contribution is -0.122. The van der Waals surface area contributed by atoms with Crippen molar-refractivity contribution in [2.75, 3.05) is 32.1 Å². The summed E-state index contributed by atoms with van der Waals surface area (Å²) in [6.45, 7) is 1.72. The second-order valence-corrected chi connectivity index (χ2v) is 4.74. The van der Waals surface area contributed by atoms with Crippen LogP contribution in [0.2, 0.25) is 0 Å². The van der Waals surface area contributed by atoms with Gasteiger partial charge in [0.05, 0.1) is 7.11 Å². The molecule has 0 bridgehead atoms. The number of amides is 1. The van der Waals surface area contributed by atoms with E-state index in [9.17, 15) is 9.18 Å². The number of rotatable bonds is 3. The van der Waals surface area contributed by atoms with Gasteiger partial charge < -0.3 is 15.0 Å². The number of carbonyl (C=O) groups is 1. The summed E-state index contributed by atoms with van der Waals surface area (Å²) in [7, 11) is 3.10. The Morgan fingerprint density at radius 1 is 1.40 bits per heavy atom. The first-order valence-corrected chi connectivity index (χ1v) is 6.45. The minimum absolute atomic E-state index is 0. The zero-order chi connectivity index (χ0) is 13.8. The molecule has 1 aromatic rings. The van der Waals surface area contributed by atoms with Crippen molar-refractivity contribution in [3.63, 3.8) is 0 Å². The Morgan fingerprint density at radius 2 is 2.05 bits per heavy atom. The third kappa shape index (κ3) is 3.61. The summed E-state index contributed by atoms with van der Waals surface area (Å²) in [6.07, 6.45) is 1.67. The van der Waals surface area contributed by atoms with Crippen molar-refractivity contribution in [3.8, 4) is 5.75 Å². The van der Waals surface area contributed by atoms with E-state index in [1.807, 2.05) is 0 Å². The van der Waals surface area contributed by atoms with Crippen molar-refractivity contribution in [2.45, 2.75) is 12.8 Å². The van der Waals surface area contributed by atoms with Crippen LogP contribution >= 0.6 is 12.4 Å². The summed E-state index contributed by atoms with van der Waals surface area (Å²) in [5.41, 5.74) is 0.557. The van der Waals surface area contributed by atoms with E-state index in [1.165, 1.54) is 24.1 Å². The van der Waals surface area contributed by atoms with Gasteiger partial charge in [0.25, 0.3) is 0 Å². The molecular formula is C14H20ClFN2O2. The van der Waals surface area contributed by atoms with Gasteiger partial charge in [-0.1, -0.05) is 0 Å². The molecule has 1 heterocycles. The van der Waals surface area contributed by atoms with Gasteiger partial charge in [-0.25, -0.2) is 4.39 Å². The summed E-state index contributed by atoms with van der Waals surface area (Å²) < 4.78 is 18.5. The predicted octanol–water partition coefficient (Wildman–Crippen LogP) is 2.22. The van der Waals surface area contributed by atoms with Crippen LogP contribution in [0.3, 0.4) is 0 Å². The number of halogens is 2. The molecule has 0 atom stereocenters. The van der Waals surface area contributed by atoms with Gasteiger partial charge in [-0.2, -0.15) is 0 Å². The van der Waals surface area contributed by atoms with E-state index in [0.29, 0.717) is 5.69 Å². The smallest absolute Gasteiger partial charge is 0.229 e. The highest BCUT2D eigenvalue weighted by Crippen LogP contribution is 2.25. The molecule has 1 aliphatic heterocycles. The fraction of sp³-hybridized carbons (Fsp3) is 0.500. The molecule has 1 saturated heterocycles. The first-order valence-electron chi connectivity index (χ1n) is 6.45. The van der Waals surface area contributed by atoms with Crippen molar-refractivity contribution in [1.82, 2.24) is 5.32 Å². The maximum Gasteiger partial charge on any atom is 0.229 e. The zero-order valence-electron chi connectivity index (χ0n) is 11.7. The largest absolute Gasteiger partial charge is 0.494 e. The normalized spacial score (nSPS) is 15.3. The van der Waals surface area contributed by atoms with Crippen LogP contribution in [0.15, 0.2) is 18.2 Å². The minimum atomic E-state index is -0.454. The number of piperidine rings is 1. The van der Waals surface area contributed by atoms with E-state index >= 15 is 0 Å². The maximum absolute atomic E-state index is 13.6. The molecule has 20 heavy (non-hydrogen) atoms. The van der Waals surface area contributed by atoms with E-state index in [4.69, 9.17) is 4.74 Å². The molecule has 6 heteroatoms. The second-order valence-electron chi connectivity index (χ2n) is 4.74. The van der Waals surface area contributed by atoms with E-state index in [2.05, 4.69) is 5.32 Å². The second kappa shape index (κ2) is 7.45. The number of carbonyl (C=O) groups excluding carboxylic acids is 1. The molecule has 4 nitrogen and oxygen atoms in total. The van der Waals surface area contributed by atoms with Crippen LogP contribution in [0.4, 0.5) is 10.1 Å². The molecule has 1 fully saturated rings. The van der Waals surface area contributed by atoms with Crippen LogP contribution in [0.1, 0.15) is 12.8 Å². The van der Waals surface area contributed by atoms with Crippen molar-refractivity contribution in [3.05, 3.63) is 24.0 Å². The zero-order valence-corrected chi connectivity index (χ0v) is 12.5. The Balaban J connectivity index is 0.00000200. The van der Waals surface area contributed by atoms with Crippen molar-refractivity contribution < 1.29 is 13.9 Å². The predicted molar refractivity (Wildman–Crippen MR) is 79.2 cm³/mol. The van der Waals surface area contributed by atoms with Crippen LogP contribution < -0.4 is 15.0 Å². The van der Waals surface area contributed by atoms with Gasteiger partial charge in [0, 0.05) is 24.7 Å². The van der Waals surface area contributed by atoms with Crippen molar-refractivity contribution >= 4 is 24.0 Å². The molecule has 112 valence electrons. The first kappa shape index (κ1) is 16.7. The molecular weight excluding hydrogens is 283 g/mol. The third-order valence-electron chi connectivity index (χ3n) is 3.54. The highest BCUT2D eigenvalue weighted by Gasteiger charge is 2.25. The molecule has 0 aromatic heterocycles. The van der Waals surface area contributed by atoms with Crippen LogP contribution in [0, 0.1) is 11.7 Å². The standard InChI is InChI=1S/C14H19FN2O2.ClH/c1-17(14(18)10-5-7-16-8-6-10)11-3-4-13(19-2)12(15)9-11;/h3-4,9-10,16H,5-8H2,1-2H3;1H. The highest BCUT2D eigenvalue weighted by atomic mass is 35.5. The Bertz CT molecular complexity index is 464. The lowest BCUT2D eigenvalue weighted by atomic mass is 9.96. The molecule has 0 unspecified atom stereocenters. The van der Waals surface area contributed by atoms with Gasteiger partial charge in [-0.05, 0) is 38.1 Å². The lowest BCUT2D eigenvalue weighted by Crippen LogP contribution is -2.39. The number of benzene rings is 1. The Hall–Kier alpha value is -1.33. The summed E-state index contributed by atoms with van der Waals surface area (Å²) in [4.78, 5) is 13.8. The fourth-order valence-corrected chi connectivity index (χ4v) is 2.33. The summed E-state index contributed by atoms with van der Waals surface area (Å²) >= 11 is 0. The molecule has 1 amide bonds. The number of hydrogen-bond donors (Lipinski definition) is 1. The van der Waals surface area contributed by atoms with Crippen molar-refractivity contribution in [2.24, 2.45) is 5.92 Å². The van der Waals surface area contributed by atoms with E-state index in [0.717, 1.165) is 25.9 Å². The SMILES string of the molecule is COc1ccc(N(C)C(=O)C2CCNCC2)cc1F.Cl. The molecule has 1 N–H and O–H groups in total. The Labute approximate surface area is 124 Å². The van der Waals surface area contributed by atoms with Gasteiger partial charge in [0.2, 0.25) is 5.91 Å². The number of ether oxygens (including phenoxy) is 1. The van der Waals surface area contributed by atoms with Crippen LogP contribution in [-0.4, -0.2) is 33.2 Å². The highest BCUT2D eigenvalue weighted by molar-refractivity contribution is 5.94. The van der Waals surface area contributed by atoms with E-state index in [-0.39, 0.29) is 30.0 Å². The summed E-state index contributed by atoms with van der Waals surface area (Å²) in [5, 5.41) is 3.23. The number of methoxy groups -OCH3 is 1. The van der Waals surface area contributed by atoms with Crippen molar-refractivity contribution in [1.29, 1.82) is 0 Å². The van der Waals surface area contributed by atoms with E-state index in [1.54, 1.807) is 13.1 Å². The minimum Gasteiger partial charge on any atom is -0.494 e. The number of anilines is 1. The summed E-state index contributed by atoms with van der Waals surface area (Å²) in [5.74, 6) is -0.195. The molecule has 0 spiro atoms.